The van der Waals surface area contributed by atoms with Crippen molar-refractivity contribution in [1.29, 1.82) is 0 Å². The van der Waals surface area contributed by atoms with Crippen LogP contribution in [0.4, 0.5) is 5.69 Å². The number of nitrogens with zero attached hydrogens (tertiary/aromatic N) is 1. The zero-order valence-electron chi connectivity index (χ0n) is 10.5. The van der Waals surface area contributed by atoms with Crippen LogP contribution in [-0.2, 0) is 6.54 Å². The maximum Gasteiger partial charge on any atom is 0.0423 e. The van der Waals surface area contributed by atoms with Crippen LogP contribution in [0.15, 0.2) is 22.7 Å². The van der Waals surface area contributed by atoms with Gasteiger partial charge in [0.2, 0.25) is 0 Å². The zero-order valence-corrected chi connectivity index (χ0v) is 12.0. The second-order valence-corrected chi connectivity index (χ2v) is 5.78. The molecule has 94 valence electrons. The van der Waals surface area contributed by atoms with E-state index in [0.717, 1.165) is 16.9 Å². The molecule has 2 rings (SSSR count). The minimum atomic E-state index is 0.619. The van der Waals surface area contributed by atoms with E-state index in [1.165, 1.54) is 37.1 Å². The Balaban J connectivity index is 2.22. The largest absolute Gasteiger partial charge is 0.371 e. The maximum absolute atomic E-state index is 5.84. The molecule has 1 fully saturated rings. The van der Waals surface area contributed by atoms with Crippen molar-refractivity contribution >= 4 is 21.6 Å². The maximum atomic E-state index is 5.84. The van der Waals surface area contributed by atoms with E-state index in [-0.39, 0.29) is 0 Å². The van der Waals surface area contributed by atoms with Gasteiger partial charge in [-0.2, -0.15) is 0 Å². The van der Waals surface area contributed by atoms with Crippen LogP contribution in [0, 0.1) is 5.92 Å². The number of rotatable bonds is 6. The Hall–Kier alpha value is -0.540. The fourth-order valence-corrected chi connectivity index (χ4v) is 2.55. The smallest absolute Gasteiger partial charge is 0.0423 e. The molecule has 0 saturated heterocycles. The topological polar surface area (TPSA) is 29.3 Å². The molecule has 2 nitrogen and oxygen atoms in total. The molecular weight excluding hydrogens is 276 g/mol. The Morgan fingerprint density at radius 3 is 2.76 bits per heavy atom. The molecule has 0 unspecified atom stereocenters. The minimum absolute atomic E-state index is 0.619. The molecule has 1 aliphatic carbocycles. The lowest BCUT2D eigenvalue weighted by Gasteiger charge is -2.27. The van der Waals surface area contributed by atoms with Crippen LogP contribution in [0.1, 0.15) is 31.7 Å². The Kier molecular flexibility index (Phi) is 4.46. The first-order valence-corrected chi connectivity index (χ1v) is 7.27. The van der Waals surface area contributed by atoms with E-state index < -0.39 is 0 Å². The molecule has 2 N–H and O–H groups in total. The third-order valence-corrected chi connectivity index (χ3v) is 3.77. The first-order chi connectivity index (χ1) is 8.24. The molecule has 1 aromatic rings. The summed E-state index contributed by atoms with van der Waals surface area (Å²) in [6, 6.07) is 6.42. The quantitative estimate of drug-likeness (QED) is 0.870. The summed E-state index contributed by atoms with van der Waals surface area (Å²) in [4.78, 5) is 2.50. The Morgan fingerprint density at radius 2 is 2.18 bits per heavy atom. The average molecular weight is 297 g/mol. The van der Waals surface area contributed by atoms with Crippen LogP contribution in [0.25, 0.3) is 0 Å². The number of anilines is 1. The Labute approximate surface area is 112 Å². The van der Waals surface area contributed by atoms with Crippen LogP contribution in [-0.4, -0.2) is 13.1 Å². The number of nitrogens with two attached hydrogens (primary N) is 1. The molecule has 0 heterocycles. The summed E-state index contributed by atoms with van der Waals surface area (Å²) in [6.45, 7) is 5.17. The molecule has 0 spiro atoms. The first-order valence-electron chi connectivity index (χ1n) is 6.48. The highest BCUT2D eigenvalue weighted by atomic mass is 79.9. The van der Waals surface area contributed by atoms with Gasteiger partial charge in [-0.05, 0) is 42.9 Å². The lowest BCUT2D eigenvalue weighted by atomic mass is 10.1. The molecule has 0 bridgehead atoms. The van der Waals surface area contributed by atoms with Crippen LogP contribution < -0.4 is 10.6 Å². The SMILES string of the molecule is CCCN(CC1CC1)c1cc(Br)ccc1CN. The minimum Gasteiger partial charge on any atom is -0.371 e. The van der Waals surface area contributed by atoms with Crippen molar-refractivity contribution in [2.45, 2.75) is 32.7 Å². The molecule has 0 atom stereocenters. The predicted octanol–water partition coefficient (Wildman–Crippen LogP) is 3.53. The molecule has 0 aromatic heterocycles. The van der Waals surface area contributed by atoms with Crippen molar-refractivity contribution in [3.8, 4) is 0 Å². The fraction of sp³-hybridized carbons (Fsp3) is 0.571. The third-order valence-electron chi connectivity index (χ3n) is 3.28. The summed E-state index contributed by atoms with van der Waals surface area (Å²) in [5.74, 6) is 0.908. The summed E-state index contributed by atoms with van der Waals surface area (Å²) in [6.07, 6.45) is 3.97. The van der Waals surface area contributed by atoms with Crippen molar-refractivity contribution in [3.05, 3.63) is 28.2 Å². The van der Waals surface area contributed by atoms with Crippen molar-refractivity contribution in [3.63, 3.8) is 0 Å². The summed E-state index contributed by atoms with van der Waals surface area (Å²) in [5.41, 5.74) is 8.41. The molecule has 1 aromatic carbocycles. The van der Waals surface area contributed by atoms with Crippen molar-refractivity contribution < 1.29 is 0 Å². The second-order valence-electron chi connectivity index (χ2n) is 4.87. The summed E-state index contributed by atoms with van der Waals surface area (Å²) < 4.78 is 1.14. The van der Waals surface area contributed by atoms with E-state index in [0.29, 0.717) is 6.54 Å². The summed E-state index contributed by atoms with van der Waals surface area (Å²) in [5, 5.41) is 0. The van der Waals surface area contributed by atoms with Gasteiger partial charge in [0, 0.05) is 29.8 Å². The molecule has 1 saturated carbocycles. The van der Waals surface area contributed by atoms with Crippen LogP contribution in [0.3, 0.4) is 0 Å². The molecule has 3 heteroatoms. The van der Waals surface area contributed by atoms with Gasteiger partial charge in [-0.1, -0.05) is 28.9 Å². The Bertz CT molecular complexity index is 374. The van der Waals surface area contributed by atoms with E-state index in [4.69, 9.17) is 5.73 Å². The number of benzene rings is 1. The van der Waals surface area contributed by atoms with E-state index in [9.17, 15) is 0 Å². The van der Waals surface area contributed by atoms with Crippen molar-refractivity contribution in [2.75, 3.05) is 18.0 Å². The Morgan fingerprint density at radius 1 is 1.41 bits per heavy atom. The molecule has 0 radical (unpaired) electrons. The average Bonchev–Trinajstić information content (AvgIpc) is 3.12. The van der Waals surface area contributed by atoms with E-state index >= 15 is 0 Å². The van der Waals surface area contributed by atoms with Gasteiger partial charge in [0.25, 0.3) is 0 Å². The molecule has 1 aliphatic rings. The highest BCUT2D eigenvalue weighted by Crippen LogP contribution is 2.33. The van der Waals surface area contributed by atoms with Gasteiger partial charge in [0.05, 0.1) is 0 Å². The third kappa shape index (κ3) is 3.46. The standard InChI is InChI=1S/C14H21BrN2/c1-2-7-17(10-11-3-4-11)14-8-13(15)6-5-12(14)9-16/h5-6,8,11H,2-4,7,9-10,16H2,1H3. The van der Waals surface area contributed by atoms with Crippen molar-refractivity contribution in [1.82, 2.24) is 0 Å². The van der Waals surface area contributed by atoms with Gasteiger partial charge in [-0.3, -0.25) is 0 Å². The van der Waals surface area contributed by atoms with E-state index in [1.807, 2.05) is 0 Å². The first kappa shape index (κ1) is 12.9. The molecule has 0 aliphatic heterocycles. The second kappa shape index (κ2) is 5.87. The van der Waals surface area contributed by atoms with Crippen molar-refractivity contribution in [2.24, 2.45) is 11.7 Å². The number of halogens is 1. The molecular formula is C14H21BrN2. The number of hydrogen-bond donors (Lipinski definition) is 1. The summed E-state index contributed by atoms with van der Waals surface area (Å²) >= 11 is 3.56. The highest BCUT2D eigenvalue weighted by Gasteiger charge is 2.25. The monoisotopic (exact) mass is 296 g/mol. The zero-order chi connectivity index (χ0) is 12.3. The van der Waals surface area contributed by atoms with E-state index in [1.54, 1.807) is 0 Å². The van der Waals surface area contributed by atoms with Gasteiger partial charge in [-0.15, -0.1) is 0 Å². The van der Waals surface area contributed by atoms with Crippen LogP contribution in [0.2, 0.25) is 0 Å². The van der Waals surface area contributed by atoms with Gasteiger partial charge >= 0.3 is 0 Å². The van der Waals surface area contributed by atoms with Gasteiger partial charge in [-0.25, -0.2) is 0 Å². The normalized spacial score (nSPS) is 15.0. The fourth-order valence-electron chi connectivity index (χ4n) is 2.20. The predicted molar refractivity (Wildman–Crippen MR) is 77.3 cm³/mol. The summed E-state index contributed by atoms with van der Waals surface area (Å²) in [7, 11) is 0. The highest BCUT2D eigenvalue weighted by molar-refractivity contribution is 9.10. The van der Waals surface area contributed by atoms with Gasteiger partial charge in [0.1, 0.15) is 0 Å². The van der Waals surface area contributed by atoms with E-state index in [2.05, 4.69) is 46.0 Å². The van der Waals surface area contributed by atoms with Gasteiger partial charge < -0.3 is 10.6 Å². The lowest BCUT2D eigenvalue weighted by Crippen LogP contribution is -2.28. The lowest BCUT2D eigenvalue weighted by molar-refractivity contribution is 0.704. The molecule has 0 amide bonds. The van der Waals surface area contributed by atoms with Gasteiger partial charge in [0.15, 0.2) is 0 Å². The van der Waals surface area contributed by atoms with Crippen LogP contribution in [0.5, 0.6) is 0 Å². The molecule has 17 heavy (non-hydrogen) atoms. The number of hydrogen-bond acceptors (Lipinski definition) is 2. The van der Waals surface area contributed by atoms with Crippen LogP contribution >= 0.6 is 15.9 Å².